The molecule has 1 aromatic carbocycles. The number of likely N-dealkylation sites (N-methyl/N-ethyl adjacent to an activating group) is 1. The quantitative estimate of drug-likeness (QED) is 0.817. The average Bonchev–Trinajstić information content (AvgIpc) is 3.07. The van der Waals surface area contributed by atoms with Gasteiger partial charge < -0.3 is 15.3 Å². The Balaban J connectivity index is 1.30. The van der Waals surface area contributed by atoms with Crippen LogP contribution < -0.4 is 5.32 Å². The van der Waals surface area contributed by atoms with Crippen LogP contribution in [0.15, 0.2) is 24.3 Å². The number of aromatic nitrogens is 2. The molecule has 2 heterocycles. The van der Waals surface area contributed by atoms with Crippen molar-refractivity contribution in [2.24, 2.45) is 11.8 Å². The van der Waals surface area contributed by atoms with Crippen LogP contribution in [0.3, 0.4) is 0 Å². The third kappa shape index (κ3) is 3.06. The third-order valence-corrected chi connectivity index (χ3v) is 7.43. The summed E-state index contributed by atoms with van der Waals surface area (Å²) in [5.74, 6) is 3.58. The van der Waals surface area contributed by atoms with Crippen molar-refractivity contribution in [3.8, 4) is 17.0 Å². The highest BCUT2D eigenvalue weighted by Crippen LogP contribution is 2.59. The average molecular weight is 379 g/mol. The van der Waals surface area contributed by atoms with Gasteiger partial charge in [-0.1, -0.05) is 6.07 Å². The molecule has 5 heteroatoms. The van der Waals surface area contributed by atoms with Crippen molar-refractivity contribution < 1.29 is 5.11 Å². The van der Waals surface area contributed by atoms with E-state index in [0.29, 0.717) is 17.7 Å². The monoisotopic (exact) mass is 378 g/mol. The molecule has 3 unspecified atom stereocenters. The highest BCUT2D eigenvalue weighted by atomic mass is 16.3. The molecule has 4 atom stereocenters. The first kappa shape index (κ1) is 17.9. The van der Waals surface area contributed by atoms with Crippen molar-refractivity contribution in [3.63, 3.8) is 0 Å². The summed E-state index contributed by atoms with van der Waals surface area (Å²) in [5, 5.41) is 22.9. The maximum atomic E-state index is 10.7. The Bertz CT molecular complexity index is 883. The second-order valence-corrected chi connectivity index (χ2v) is 9.04. The summed E-state index contributed by atoms with van der Waals surface area (Å²) in [6, 6.07) is 8.76. The largest absolute Gasteiger partial charge is 0.507 e. The zero-order valence-electron chi connectivity index (χ0n) is 16.9. The lowest BCUT2D eigenvalue weighted by Gasteiger charge is -2.53. The predicted octanol–water partition coefficient (Wildman–Crippen LogP) is 4.18. The van der Waals surface area contributed by atoms with E-state index in [2.05, 4.69) is 33.5 Å². The van der Waals surface area contributed by atoms with Gasteiger partial charge in [0.1, 0.15) is 11.6 Å². The number of anilines is 1. The van der Waals surface area contributed by atoms with Gasteiger partial charge in [-0.15, -0.1) is 10.2 Å². The topological polar surface area (TPSA) is 61.3 Å². The molecule has 28 heavy (non-hydrogen) atoms. The summed E-state index contributed by atoms with van der Waals surface area (Å²) in [6.07, 6.45) is 6.55. The van der Waals surface area contributed by atoms with E-state index in [-0.39, 0.29) is 0 Å². The minimum Gasteiger partial charge on any atom is -0.507 e. The number of fused-ring (bicyclic) bond motifs is 1. The number of benzene rings is 1. The molecule has 2 aromatic rings. The van der Waals surface area contributed by atoms with Crippen LogP contribution in [0.4, 0.5) is 5.82 Å². The van der Waals surface area contributed by atoms with E-state index >= 15 is 0 Å². The molecule has 0 spiro atoms. The SMILES string of the molecule is Cc1cc(NC[C@@H]2CCCN2C)nnc1-c1ccc(C2CC3CCC32)cc1O. The summed E-state index contributed by atoms with van der Waals surface area (Å²) in [4.78, 5) is 2.40. The third-order valence-electron chi connectivity index (χ3n) is 7.43. The summed E-state index contributed by atoms with van der Waals surface area (Å²) in [6.45, 7) is 4.11. The Morgan fingerprint density at radius 1 is 1.18 bits per heavy atom. The van der Waals surface area contributed by atoms with Crippen molar-refractivity contribution in [2.45, 2.75) is 51.0 Å². The zero-order chi connectivity index (χ0) is 19.3. The lowest BCUT2D eigenvalue weighted by molar-refractivity contribution is 0.0215. The molecule has 2 aliphatic carbocycles. The second-order valence-electron chi connectivity index (χ2n) is 9.04. The van der Waals surface area contributed by atoms with Crippen molar-refractivity contribution in [2.75, 3.05) is 25.5 Å². The van der Waals surface area contributed by atoms with Crippen LogP contribution in [0.25, 0.3) is 11.3 Å². The molecule has 3 aliphatic rings. The summed E-state index contributed by atoms with van der Waals surface area (Å²) in [5.41, 5.74) is 3.86. The van der Waals surface area contributed by atoms with Crippen molar-refractivity contribution in [3.05, 3.63) is 35.4 Å². The summed E-state index contributed by atoms with van der Waals surface area (Å²) in [7, 11) is 2.18. The minimum absolute atomic E-state index is 0.325. The molecule has 5 nitrogen and oxygen atoms in total. The van der Waals surface area contributed by atoms with E-state index in [1.807, 2.05) is 25.1 Å². The van der Waals surface area contributed by atoms with E-state index < -0.39 is 0 Å². The molecule has 1 aromatic heterocycles. The Morgan fingerprint density at radius 3 is 2.68 bits per heavy atom. The first-order valence-corrected chi connectivity index (χ1v) is 10.7. The molecule has 5 rings (SSSR count). The number of rotatable bonds is 5. The zero-order valence-corrected chi connectivity index (χ0v) is 16.9. The van der Waals surface area contributed by atoms with Gasteiger partial charge in [0.15, 0.2) is 0 Å². The van der Waals surface area contributed by atoms with Crippen LogP contribution in [-0.2, 0) is 0 Å². The molecular formula is C23H30N4O. The van der Waals surface area contributed by atoms with Gasteiger partial charge in [0.25, 0.3) is 0 Å². The smallest absolute Gasteiger partial charge is 0.149 e. The van der Waals surface area contributed by atoms with E-state index in [1.165, 1.54) is 44.2 Å². The Kier molecular flexibility index (Phi) is 4.50. The van der Waals surface area contributed by atoms with Gasteiger partial charge in [0, 0.05) is 18.2 Å². The summed E-state index contributed by atoms with van der Waals surface area (Å²) >= 11 is 0. The molecule has 0 amide bonds. The predicted molar refractivity (Wildman–Crippen MR) is 112 cm³/mol. The molecular weight excluding hydrogens is 348 g/mol. The maximum absolute atomic E-state index is 10.7. The van der Waals surface area contributed by atoms with Crippen molar-refractivity contribution in [1.82, 2.24) is 15.1 Å². The van der Waals surface area contributed by atoms with Gasteiger partial charge in [-0.2, -0.15) is 0 Å². The molecule has 3 fully saturated rings. The number of nitrogens with zero attached hydrogens (tertiary/aromatic N) is 3. The van der Waals surface area contributed by atoms with Crippen LogP contribution in [0.1, 0.15) is 49.1 Å². The maximum Gasteiger partial charge on any atom is 0.149 e. The molecule has 0 bridgehead atoms. The highest BCUT2D eigenvalue weighted by molar-refractivity contribution is 5.70. The van der Waals surface area contributed by atoms with Crippen molar-refractivity contribution in [1.29, 1.82) is 0 Å². The fraction of sp³-hybridized carbons (Fsp3) is 0.565. The molecule has 1 aliphatic heterocycles. The number of phenols is 1. The molecule has 1 saturated heterocycles. The van der Waals surface area contributed by atoms with Gasteiger partial charge in [-0.3, -0.25) is 0 Å². The lowest BCUT2D eigenvalue weighted by atomic mass is 9.52. The van der Waals surface area contributed by atoms with Gasteiger partial charge in [0.05, 0.1) is 5.69 Å². The molecule has 2 N–H and O–H groups in total. The Hall–Kier alpha value is -2.14. The van der Waals surface area contributed by atoms with Crippen LogP contribution in [-0.4, -0.2) is 46.4 Å². The molecule has 0 radical (unpaired) electrons. The van der Waals surface area contributed by atoms with Crippen LogP contribution in [0.5, 0.6) is 5.75 Å². The van der Waals surface area contributed by atoms with Gasteiger partial charge in [0.2, 0.25) is 0 Å². The van der Waals surface area contributed by atoms with Gasteiger partial charge in [-0.25, -0.2) is 0 Å². The Morgan fingerprint density at radius 2 is 2.07 bits per heavy atom. The first-order valence-electron chi connectivity index (χ1n) is 10.7. The number of aryl methyl sites for hydroxylation is 1. The fourth-order valence-electron chi connectivity index (χ4n) is 5.38. The van der Waals surface area contributed by atoms with Crippen LogP contribution in [0, 0.1) is 18.8 Å². The lowest BCUT2D eigenvalue weighted by Crippen LogP contribution is -2.42. The number of hydrogen-bond acceptors (Lipinski definition) is 5. The van der Waals surface area contributed by atoms with Crippen LogP contribution >= 0.6 is 0 Å². The van der Waals surface area contributed by atoms with E-state index in [1.54, 1.807) is 0 Å². The normalized spacial score (nSPS) is 29.1. The van der Waals surface area contributed by atoms with E-state index in [4.69, 9.17) is 0 Å². The van der Waals surface area contributed by atoms with Gasteiger partial charge >= 0.3 is 0 Å². The number of aromatic hydroxyl groups is 1. The van der Waals surface area contributed by atoms with Crippen LogP contribution in [0.2, 0.25) is 0 Å². The van der Waals surface area contributed by atoms with Crippen molar-refractivity contribution >= 4 is 5.82 Å². The number of phenolic OH excluding ortho intramolecular Hbond substituents is 1. The minimum atomic E-state index is 0.325. The fourth-order valence-corrected chi connectivity index (χ4v) is 5.38. The molecule has 148 valence electrons. The van der Waals surface area contributed by atoms with Gasteiger partial charge in [-0.05, 0) is 99.7 Å². The first-order chi connectivity index (χ1) is 13.6. The van der Waals surface area contributed by atoms with E-state index in [9.17, 15) is 5.11 Å². The summed E-state index contributed by atoms with van der Waals surface area (Å²) < 4.78 is 0. The number of likely N-dealkylation sites (tertiary alicyclic amines) is 1. The molecule has 2 saturated carbocycles. The number of nitrogens with one attached hydrogen (secondary N) is 1. The Labute approximate surface area is 167 Å². The number of hydrogen-bond donors (Lipinski definition) is 2. The standard InChI is InChI=1S/C23H30N4O/c1-14-10-22(24-13-17-4-3-9-27(17)2)25-26-23(14)19-8-6-16(12-21(19)28)20-11-15-5-7-18(15)20/h6,8,10,12,15,17-18,20,28H,3-5,7,9,11,13H2,1-2H3,(H,24,25)/t15?,17-,18?,20?/m0/s1. The second kappa shape index (κ2) is 7.03. The highest BCUT2D eigenvalue weighted by Gasteiger charge is 2.47. The van der Waals surface area contributed by atoms with E-state index in [0.717, 1.165) is 41.0 Å².